The molecule has 1 aromatic heterocycles. The van der Waals surface area contributed by atoms with E-state index in [2.05, 4.69) is 77.8 Å². The topological polar surface area (TPSA) is 66.2 Å². The zero-order valence-corrected chi connectivity index (χ0v) is 21.2. The normalized spacial score (nSPS) is 13.4. The average Bonchev–Trinajstić information content (AvgIpc) is 3.38. The third kappa shape index (κ3) is 5.30. The molecule has 0 saturated heterocycles. The van der Waals surface area contributed by atoms with Crippen molar-refractivity contribution < 1.29 is 13.6 Å². The Bertz CT molecular complexity index is 1130. The first-order chi connectivity index (χ1) is 17.1. The molecule has 7 heteroatoms. The van der Waals surface area contributed by atoms with E-state index in [0.717, 1.165) is 22.5 Å². The Kier molecular flexibility index (Phi) is 8.29. The second kappa shape index (κ2) is 11.6. The third-order valence-corrected chi connectivity index (χ3v) is 8.06. The van der Waals surface area contributed by atoms with Gasteiger partial charge in [-0.3, -0.25) is 4.57 Å². The maximum absolute atomic E-state index is 12.6. The highest BCUT2D eigenvalue weighted by atomic mass is 31.2. The molecule has 0 spiro atoms. The van der Waals surface area contributed by atoms with Gasteiger partial charge in [-0.1, -0.05) is 97.9 Å². The van der Waals surface area contributed by atoms with Crippen LogP contribution < -0.4 is 0 Å². The first-order valence-corrected chi connectivity index (χ1v) is 13.8. The molecule has 0 N–H and O–H groups in total. The Morgan fingerprint density at radius 1 is 0.800 bits per heavy atom. The van der Waals surface area contributed by atoms with E-state index in [9.17, 15) is 4.57 Å². The van der Waals surface area contributed by atoms with Gasteiger partial charge in [0.25, 0.3) is 0 Å². The molecule has 0 aliphatic rings. The van der Waals surface area contributed by atoms with E-state index >= 15 is 0 Å². The van der Waals surface area contributed by atoms with Gasteiger partial charge in [-0.05, 0) is 30.0 Å². The van der Waals surface area contributed by atoms with Gasteiger partial charge in [-0.15, -0.1) is 0 Å². The lowest BCUT2D eigenvalue weighted by molar-refractivity contribution is 0.210. The molecule has 0 aliphatic heterocycles. The fourth-order valence-electron chi connectivity index (χ4n) is 4.47. The molecule has 182 valence electrons. The zero-order chi connectivity index (χ0) is 24.6. The van der Waals surface area contributed by atoms with Crippen molar-refractivity contribution in [1.82, 2.24) is 14.8 Å². The van der Waals surface area contributed by atoms with Crippen molar-refractivity contribution in [3.8, 4) is 0 Å². The van der Waals surface area contributed by atoms with Crippen molar-refractivity contribution in [2.45, 2.75) is 32.2 Å². The minimum atomic E-state index is -3.04. The number of aryl methyl sites for hydroxylation is 1. The van der Waals surface area contributed by atoms with Crippen molar-refractivity contribution in [3.05, 3.63) is 120 Å². The highest BCUT2D eigenvalue weighted by Crippen LogP contribution is 2.47. The van der Waals surface area contributed by atoms with Gasteiger partial charge in [0.1, 0.15) is 17.7 Å². The maximum atomic E-state index is 12.6. The van der Waals surface area contributed by atoms with E-state index in [4.69, 9.17) is 14.1 Å². The number of aromatic nitrogens is 3. The van der Waals surface area contributed by atoms with Gasteiger partial charge in [0, 0.05) is 12.6 Å². The highest BCUT2D eigenvalue weighted by molar-refractivity contribution is 7.53. The van der Waals surface area contributed by atoms with Crippen molar-refractivity contribution in [2.24, 2.45) is 0 Å². The standard InChI is InChI=1S/C28H32N3O3P/c1-3-33-35(32,4-2)34-22-14-21-27-29-23-30-31(27)28(24-15-8-5-9-16-24,25-17-10-6-11-18-25)26-19-12-7-13-20-26/h5-13,15-20,23H,3-4,14,21-22H2,1-2H3. The van der Waals surface area contributed by atoms with Crippen molar-refractivity contribution in [2.75, 3.05) is 19.4 Å². The lowest BCUT2D eigenvalue weighted by atomic mass is 9.77. The summed E-state index contributed by atoms with van der Waals surface area (Å²) < 4.78 is 25.7. The van der Waals surface area contributed by atoms with Crippen LogP contribution >= 0.6 is 7.60 Å². The largest absolute Gasteiger partial charge is 0.330 e. The SMILES string of the molecule is CCOP(=O)(CC)OCCCc1ncnn1C(c1ccccc1)(c1ccccc1)c1ccccc1. The summed E-state index contributed by atoms with van der Waals surface area (Å²) in [6.07, 6.45) is 3.22. The van der Waals surface area contributed by atoms with Crippen LogP contribution in [0.4, 0.5) is 0 Å². The Morgan fingerprint density at radius 3 is 1.77 bits per heavy atom. The lowest BCUT2D eigenvalue weighted by Gasteiger charge is -2.37. The van der Waals surface area contributed by atoms with Crippen molar-refractivity contribution in [3.63, 3.8) is 0 Å². The molecule has 1 heterocycles. The van der Waals surface area contributed by atoms with Crippen LogP contribution in [0.5, 0.6) is 0 Å². The van der Waals surface area contributed by atoms with Gasteiger partial charge in [0.15, 0.2) is 0 Å². The molecule has 6 nitrogen and oxygen atoms in total. The second-order valence-electron chi connectivity index (χ2n) is 8.18. The van der Waals surface area contributed by atoms with Crippen molar-refractivity contribution in [1.29, 1.82) is 0 Å². The van der Waals surface area contributed by atoms with E-state index in [1.54, 1.807) is 6.33 Å². The van der Waals surface area contributed by atoms with Crippen molar-refractivity contribution >= 4 is 7.60 Å². The highest BCUT2D eigenvalue weighted by Gasteiger charge is 2.40. The van der Waals surface area contributed by atoms with Gasteiger partial charge < -0.3 is 9.05 Å². The first kappa shape index (κ1) is 25.1. The monoisotopic (exact) mass is 489 g/mol. The summed E-state index contributed by atoms with van der Waals surface area (Å²) >= 11 is 0. The predicted octanol–water partition coefficient (Wildman–Crippen LogP) is 6.32. The molecule has 0 aliphatic carbocycles. The van der Waals surface area contributed by atoms with Crippen LogP contribution in [0.25, 0.3) is 0 Å². The van der Waals surface area contributed by atoms with Gasteiger partial charge in [0.05, 0.1) is 13.2 Å². The van der Waals surface area contributed by atoms with Crippen LogP contribution in [0.3, 0.4) is 0 Å². The number of rotatable bonds is 12. The van der Waals surface area contributed by atoms with Crippen LogP contribution in [0, 0.1) is 0 Å². The average molecular weight is 490 g/mol. The summed E-state index contributed by atoms with van der Waals surface area (Å²) in [6.45, 7) is 4.34. The molecular formula is C28H32N3O3P. The van der Waals surface area contributed by atoms with Crippen LogP contribution in [0.1, 0.15) is 42.8 Å². The molecule has 4 rings (SSSR count). The quantitative estimate of drug-likeness (QED) is 0.132. The number of hydrogen-bond donors (Lipinski definition) is 0. The zero-order valence-electron chi connectivity index (χ0n) is 20.3. The molecule has 35 heavy (non-hydrogen) atoms. The van der Waals surface area contributed by atoms with Crippen LogP contribution in [-0.2, 0) is 25.6 Å². The maximum Gasteiger partial charge on any atom is 0.330 e. The summed E-state index contributed by atoms with van der Waals surface area (Å²) in [4.78, 5) is 4.65. The van der Waals surface area contributed by atoms with E-state index in [1.807, 2.05) is 36.7 Å². The molecule has 3 aromatic carbocycles. The molecule has 1 atom stereocenters. The third-order valence-electron chi connectivity index (χ3n) is 6.06. The predicted molar refractivity (Wildman–Crippen MR) is 139 cm³/mol. The first-order valence-electron chi connectivity index (χ1n) is 12.1. The lowest BCUT2D eigenvalue weighted by Crippen LogP contribution is -2.40. The molecule has 0 fully saturated rings. The van der Waals surface area contributed by atoms with Gasteiger partial charge in [0.2, 0.25) is 0 Å². The van der Waals surface area contributed by atoms with Crippen LogP contribution in [0.2, 0.25) is 0 Å². The van der Waals surface area contributed by atoms with E-state index in [0.29, 0.717) is 32.2 Å². The van der Waals surface area contributed by atoms with Crippen LogP contribution in [0.15, 0.2) is 97.3 Å². The Morgan fingerprint density at radius 2 is 1.31 bits per heavy atom. The minimum Gasteiger partial charge on any atom is -0.309 e. The summed E-state index contributed by atoms with van der Waals surface area (Å²) in [7, 11) is -3.04. The molecule has 4 aromatic rings. The summed E-state index contributed by atoms with van der Waals surface area (Å²) in [5, 5.41) is 4.78. The molecule has 0 amide bonds. The Hall–Kier alpha value is -3.05. The molecule has 0 radical (unpaired) electrons. The Labute approximate surface area is 207 Å². The van der Waals surface area contributed by atoms with E-state index in [-0.39, 0.29) is 0 Å². The molecule has 0 bridgehead atoms. The van der Waals surface area contributed by atoms with Crippen LogP contribution in [-0.4, -0.2) is 34.1 Å². The molecular weight excluding hydrogens is 457 g/mol. The number of hydrogen-bond acceptors (Lipinski definition) is 5. The smallest absolute Gasteiger partial charge is 0.309 e. The summed E-state index contributed by atoms with van der Waals surface area (Å²) in [6, 6.07) is 31.2. The summed E-state index contributed by atoms with van der Waals surface area (Å²) in [5.41, 5.74) is 2.56. The van der Waals surface area contributed by atoms with E-state index in [1.165, 1.54) is 0 Å². The number of benzene rings is 3. The Balaban J connectivity index is 1.76. The summed E-state index contributed by atoms with van der Waals surface area (Å²) in [5.74, 6) is 0.827. The molecule has 0 saturated carbocycles. The fraction of sp³-hybridized carbons (Fsp3) is 0.286. The number of nitrogens with zero attached hydrogens (tertiary/aromatic N) is 3. The van der Waals surface area contributed by atoms with Gasteiger partial charge in [-0.25, -0.2) is 9.67 Å². The minimum absolute atomic E-state index is 0.326. The molecule has 1 unspecified atom stereocenters. The van der Waals surface area contributed by atoms with Gasteiger partial charge >= 0.3 is 7.60 Å². The fourth-order valence-corrected chi connectivity index (χ4v) is 5.71. The van der Waals surface area contributed by atoms with Gasteiger partial charge in [-0.2, -0.15) is 5.10 Å². The second-order valence-corrected chi connectivity index (χ2v) is 10.5. The van der Waals surface area contributed by atoms with E-state index < -0.39 is 13.1 Å².